The zero-order chi connectivity index (χ0) is 12.4. The summed E-state index contributed by atoms with van der Waals surface area (Å²) in [6.45, 7) is 1.80. The Bertz CT molecular complexity index is 557. The van der Waals surface area contributed by atoms with Crippen molar-refractivity contribution in [3.05, 3.63) is 24.4 Å². The first-order valence-corrected chi connectivity index (χ1v) is 6.27. The SMILES string of the molecule is O=C(Nc1ccc2[nH]ncc2c1)[C@H]1CCCNC1. The standard InChI is InChI=1S/C13H16N4O/c18-13(9-2-1-5-14-7-9)16-11-3-4-12-10(6-11)8-15-17-12/h3-4,6,8-9,14H,1-2,5,7H2,(H,15,17)(H,16,18)/t9-/m0/s1. The predicted octanol–water partition coefficient (Wildman–Crippen LogP) is 1.50. The summed E-state index contributed by atoms with van der Waals surface area (Å²) < 4.78 is 0. The number of piperidine rings is 1. The number of aromatic amines is 1. The number of hydrogen-bond donors (Lipinski definition) is 3. The lowest BCUT2D eigenvalue weighted by Gasteiger charge is -2.21. The minimum atomic E-state index is 0.0822. The minimum Gasteiger partial charge on any atom is -0.326 e. The Balaban J connectivity index is 1.72. The van der Waals surface area contributed by atoms with Crippen LogP contribution in [0.15, 0.2) is 24.4 Å². The van der Waals surface area contributed by atoms with Crippen LogP contribution in [-0.2, 0) is 4.79 Å². The molecule has 0 spiro atoms. The summed E-state index contributed by atoms with van der Waals surface area (Å²) in [5.41, 5.74) is 1.81. The van der Waals surface area contributed by atoms with E-state index in [4.69, 9.17) is 0 Å². The summed E-state index contributed by atoms with van der Waals surface area (Å²) >= 11 is 0. The summed E-state index contributed by atoms with van der Waals surface area (Å²) in [6, 6.07) is 5.76. The predicted molar refractivity (Wildman–Crippen MR) is 70.3 cm³/mol. The number of carbonyl (C=O) groups is 1. The third-order valence-electron chi connectivity index (χ3n) is 3.38. The van der Waals surface area contributed by atoms with Crippen molar-refractivity contribution >= 4 is 22.5 Å². The number of rotatable bonds is 2. The van der Waals surface area contributed by atoms with E-state index < -0.39 is 0 Å². The fourth-order valence-corrected chi connectivity index (χ4v) is 2.34. The maximum absolute atomic E-state index is 12.1. The first kappa shape index (κ1) is 11.2. The normalized spacial score (nSPS) is 19.9. The molecule has 0 radical (unpaired) electrons. The van der Waals surface area contributed by atoms with Crippen molar-refractivity contribution in [1.82, 2.24) is 15.5 Å². The molecular weight excluding hydrogens is 228 g/mol. The van der Waals surface area contributed by atoms with Crippen LogP contribution in [0, 0.1) is 5.92 Å². The number of H-pyrrole nitrogens is 1. The Hall–Kier alpha value is -1.88. The highest BCUT2D eigenvalue weighted by Crippen LogP contribution is 2.18. The van der Waals surface area contributed by atoms with E-state index in [9.17, 15) is 4.79 Å². The van der Waals surface area contributed by atoms with E-state index in [1.54, 1.807) is 6.20 Å². The number of hydrogen-bond acceptors (Lipinski definition) is 3. The first-order valence-electron chi connectivity index (χ1n) is 6.27. The number of carbonyl (C=O) groups excluding carboxylic acids is 1. The molecule has 0 aliphatic carbocycles. The van der Waals surface area contributed by atoms with E-state index in [-0.39, 0.29) is 11.8 Å². The van der Waals surface area contributed by atoms with E-state index in [1.807, 2.05) is 18.2 Å². The van der Waals surface area contributed by atoms with Gasteiger partial charge in [-0.2, -0.15) is 5.10 Å². The molecule has 0 bridgehead atoms. The van der Waals surface area contributed by atoms with Gasteiger partial charge in [-0.25, -0.2) is 0 Å². The van der Waals surface area contributed by atoms with Gasteiger partial charge in [-0.05, 0) is 37.6 Å². The average Bonchev–Trinajstić information content (AvgIpc) is 2.87. The molecule has 2 heterocycles. The highest BCUT2D eigenvalue weighted by atomic mass is 16.1. The number of benzene rings is 1. The second-order valence-electron chi connectivity index (χ2n) is 4.70. The Morgan fingerprint density at radius 2 is 2.39 bits per heavy atom. The summed E-state index contributed by atoms with van der Waals surface area (Å²) in [5, 5.41) is 14.1. The molecule has 1 atom stereocenters. The molecule has 1 fully saturated rings. The zero-order valence-corrected chi connectivity index (χ0v) is 10.1. The summed E-state index contributed by atoms with van der Waals surface area (Å²) in [5.74, 6) is 0.184. The monoisotopic (exact) mass is 244 g/mol. The average molecular weight is 244 g/mol. The van der Waals surface area contributed by atoms with Crippen LogP contribution < -0.4 is 10.6 Å². The molecule has 2 aromatic rings. The topological polar surface area (TPSA) is 69.8 Å². The van der Waals surface area contributed by atoms with Gasteiger partial charge in [-0.3, -0.25) is 9.89 Å². The lowest BCUT2D eigenvalue weighted by molar-refractivity contribution is -0.120. The van der Waals surface area contributed by atoms with Gasteiger partial charge in [0, 0.05) is 17.6 Å². The van der Waals surface area contributed by atoms with Crippen LogP contribution in [0.5, 0.6) is 0 Å². The second kappa shape index (κ2) is 4.78. The number of nitrogens with zero attached hydrogens (tertiary/aromatic N) is 1. The van der Waals surface area contributed by atoms with Crippen molar-refractivity contribution in [3.8, 4) is 0 Å². The van der Waals surface area contributed by atoms with Gasteiger partial charge in [0.25, 0.3) is 0 Å². The number of amides is 1. The van der Waals surface area contributed by atoms with Crippen molar-refractivity contribution in [2.45, 2.75) is 12.8 Å². The smallest absolute Gasteiger partial charge is 0.228 e. The molecular formula is C13H16N4O. The third kappa shape index (κ3) is 2.22. The number of nitrogens with one attached hydrogen (secondary N) is 3. The van der Waals surface area contributed by atoms with Gasteiger partial charge in [0.1, 0.15) is 0 Å². The largest absolute Gasteiger partial charge is 0.326 e. The van der Waals surface area contributed by atoms with Crippen molar-refractivity contribution < 1.29 is 4.79 Å². The fraction of sp³-hybridized carbons (Fsp3) is 0.385. The molecule has 1 aliphatic rings. The van der Waals surface area contributed by atoms with E-state index in [0.717, 1.165) is 42.5 Å². The van der Waals surface area contributed by atoms with E-state index in [1.165, 1.54) is 0 Å². The maximum atomic E-state index is 12.1. The summed E-state index contributed by atoms with van der Waals surface area (Å²) in [7, 11) is 0. The van der Waals surface area contributed by atoms with Gasteiger partial charge >= 0.3 is 0 Å². The lowest BCUT2D eigenvalue weighted by atomic mass is 9.99. The molecule has 3 rings (SSSR count). The molecule has 1 aliphatic heterocycles. The molecule has 0 unspecified atom stereocenters. The van der Waals surface area contributed by atoms with Crippen LogP contribution >= 0.6 is 0 Å². The van der Waals surface area contributed by atoms with Gasteiger partial charge in [0.05, 0.1) is 17.6 Å². The highest BCUT2D eigenvalue weighted by Gasteiger charge is 2.20. The first-order chi connectivity index (χ1) is 8.83. The third-order valence-corrected chi connectivity index (χ3v) is 3.38. The van der Waals surface area contributed by atoms with Crippen LogP contribution in [0.25, 0.3) is 10.9 Å². The van der Waals surface area contributed by atoms with E-state index in [2.05, 4.69) is 20.8 Å². The Labute approximate surface area is 105 Å². The molecule has 18 heavy (non-hydrogen) atoms. The van der Waals surface area contributed by atoms with Crippen molar-refractivity contribution in [1.29, 1.82) is 0 Å². The number of aromatic nitrogens is 2. The number of fused-ring (bicyclic) bond motifs is 1. The molecule has 3 N–H and O–H groups in total. The fourth-order valence-electron chi connectivity index (χ4n) is 2.34. The van der Waals surface area contributed by atoms with Gasteiger partial charge in [0.15, 0.2) is 0 Å². The Kier molecular flexibility index (Phi) is 2.98. The Morgan fingerprint density at radius 3 is 3.22 bits per heavy atom. The van der Waals surface area contributed by atoms with Crippen molar-refractivity contribution in [2.24, 2.45) is 5.92 Å². The van der Waals surface area contributed by atoms with Crippen LogP contribution in [0.1, 0.15) is 12.8 Å². The summed E-state index contributed by atoms with van der Waals surface area (Å²) in [4.78, 5) is 12.1. The second-order valence-corrected chi connectivity index (χ2v) is 4.70. The van der Waals surface area contributed by atoms with Gasteiger partial charge in [-0.1, -0.05) is 0 Å². The van der Waals surface area contributed by atoms with Crippen LogP contribution in [0.4, 0.5) is 5.69 Å². The molecule has 1 aromatic heterocycles. The molecule has 5 heteroatoms. The van der Waals surface area contributed by atoms with Crippen molar-refractivity contribution in [3.63, 3.8) is 0 Å². The molecule has 5 nitrogen and oxygen atoms in total. The lowest BCUT2D eigenvalue weighted by Crippen LogP contribution is -2.37. The van der Waals surface area contributed by atoms with Crippen LogP contribution in [0.3, 0.4) is 0 Å². The van der Waals surface area contributed by atoms with Crippen molar-refractivity contribution in [2.75, 3.05) is 18.4 Å². The number of anilines is 1. The van der Waals surface area contributed by atoms with Gasteiger partial charge < -0.3 is 10.6 Å². The quantitative estimate of drug-likeness (QED) is 0.749. The maximum Gasteiger partial charge on any atom is 0.228 e. The molecule has 94 valence electrons. The highest BCUT2D eigenvalue weighted by molar-refractivity contribution is 5.95. The molecule has 0 saturated carbocycles. The van der Waals surface area contributed by atoms with E-state index >= 15 is 0 Å². The molecule has 1 saturated heterocycles. The van der Waals surface area contributed by atoms with Crippen LogP contribution in [-0.4, -0.2) is 29.2 Å². The molecule has 1 aromatic carbocycles. The van der Waals surface area contributed by atoms with Crippen LogP contribution in [0.2, 0.25) is 0 Å². The van der Waals surface area contributed by atoms with E-state index in [0.29, 0.717) is 0 Å². The van der Waals surface area contributed by atoms with Gasteiger partial charge in [0.2, 0.25) is 5.91 Å². The molecule has 1 amide bonds. The minimum absolute atomic E-state index is 0.0822. The zero-order valence-electron chi connectivity index (χ0n) is 10.1. The van der Waals surface area contributed by atoms with Gasteiger partial charge in [-0.15, -0.1) is 0 Å². The Morgan fingerprint density at radius 1 is 1.44 bits per heavy atom. The summed E-state index contributed by atoms with van der Waals surface area (Å²) in [6.07, 6.45) is 3.79.